The summed E-state index contributed by atoms with van der Waals surface area (Å²) in [5.74, 6) is 0. The molecule has 0 saturated carbocycles. The lowest BCUT2D eigenvalue weighted by atomic mass is 9.87. The maximum Gasteiger partial charge on any atom is 0.312 e. The van der Waals surface area contributed by atoms with Gasteiger partial charge >= 0.3 is 6.03 Å². The van der Waals surface area contributed by atoms with Gasteiger partial charge in [-0.3, -0.25) is 0 Å². The SMILES string of the molecule is CC(C)(C)C(CN)NC(N)=O. The van der Waals surface area contributed by atoms with Crippen LogP contribution >= 0.6 is 0 Å². The van der Waals surface area contributed by atoms with Crippen LogP contribution in [0.15, 0.2) is 0 Å². The number of amides is 2. The van der Waals surface area contributed by atoms with Gasteiger partial charge < -0.3 is 16.8 Å². The van der Waals surface area contributed by atoms with Crippen LogP contribution in [0.4, 0.5) is 4.79 Å². The Bertz CT molecular complexity index is 139. The molecule has 4 nitrogen and oxygen atoms in total. The van der Waals surface area contributed by atoms with Crippen molar-refractivity contribution in [3.8, 4) is 0 Å². The van der Waals surface area contributed by atoms with Crippen LogP contribution in [0, 0.1) is 5.41 Å². The lowest BCUT2D eigenvalue weighted by molar-refractivity contribution is 0.227. The van der Waals surface area contributed by atoms with Crippen molar-refractivity contribution in [2.24, 2.45) is 16.9 Å². The van der Waals surface area contributed by atoms with Gasteiger partial charge in [0.25, 0.3) is 0 Å². The monoisotopic (exact) mass is 159 g/mol. The predicted molar refractivity (Wildman–Crippen MR) is 45.0 cm³/mol. The van der Waals surface area contributed by atoms with Crippen molar-refractivity contribution < 1.29 is 4.79 Å². The molecule has 0 aliphatic rings. The Morgan fingerprint density at radius 3 is 2.09 bits per heavy atom. The number of nitrogens with two attached hydrogens (primary N) is 2. The Morgan fingerprint density at radius 2 is 2.00 bits per heavy atom. The normalized spacial score (nSPS) is 14.2. The first kappa shape index (κ1) is 10.2. The van der Waals surface area contributed by atoms with Crippen LogP contribution in [-0.2, 0) is 0 Å². The second-order valence-corrected chi connectivity index (χ2v) is 3.66. The molecule has 0 aromatic heterocycles. The van der Waals surface area contributed by atoms with Crippen molar-refractivity contribution >= 4 is 6.03 Å². The van der Waals surface area contributed by atoms with E-state index < -0.39 is 6.03 Å². The van der Waals surface area contributed by atoms with E-state index in [1.165, 1.54) is 0 Å². The predicted octanol–water partition coefficient (Wildman–Crippen LogP) is 0.0281. The summed E-state index contributed by atoms with van der Waals surface area (Å²) in [6, 6.07) is -0.574. The molecule has 0 fully saturated rings. The zero-order valence-corrected chi connectivity index (χ0v) is 7.35. The van der Waals surface area contributed by atoms with Crippen molar-refractivity contribution in [1.82, 2.24) is 5.32 Å². The Morgan fingerprint density at radius 1 is 1.55 bits per heavy atom. The van der Waals surface area contributed by atoms with Gasteiger partial charge in [0.05, 0.1) is 0 Å². The Kier molecular flexibility index (Phi) is 3.32. The molecule has 1 atom stereocenters. The third-order valence-corrected chi connectivity index (χ3v) is 1.60. The molecular weight excluding hydrogens is 142 g/mol. The summed E-state index contributed by atoms with van der Waals surface area (Å²) in [4.78, 5) is 10.5. The number of rotatable bonds is 2. The molecule has 0 rings (SSSR count). The van der Waals surface area contributed by atoms with Crippen molar-refractivity contribution in [3.05, 3.63) is 0 Å². The lowest BCUT2D eigenvalue weighted by Gasteiger charge is -2.29. The highest BCUT2D eigenvalue weighted by Gasteiger charge is 2.23. The van der Waals surface area contributed by atoms with Crippen LogP contribution in [0.3, 0.4) is 0 Å². The van der Waals surface area contributed by atoms with Gasteiger partial charge in [-0.15, -0.1) is 0 Å². The van der Waals surface area contributed by atoms with Gasteiger partial charge in [0.15, 0.2) is 0 Å². The standard InChI is InChI=1S/C7H17N3O/c1-7(2,3)5(4-8)10-6(9)11/h5H,4,8H2,1-3H3,(H3,9,10,11). The molecule has 0 aromatic rings. The van der Waals surface area contributed by atoms with E-state index in [0.717, 1.165) is 0 Å². The molecule has 2 amide bonds. The van der Waals surface area contributed by atoms with Gasteiger partial charge in [-0.05, 0) is 5.41 Å². The highest BCUT2D eigenvalue weighted by Crippen LogP contribution is 2.17. The van der Waals surface area contributed by atoms with E-state index in [9.17, 15) is 4.79 Å². The molecule has 0 aliphatic heterocycles. The van der Waals surface area contributed by atoms with Crippen molar-refractivity contribution in [2.75, 3.05) is 6.54 Å². The summed E-state index contributed by atoms with van der Waals surface area (Å²) in [6.45, 7) is 6.41. The number of carbonyl (C=O) groups excluding carboxylic acids is 1. The molecular formula is C7H17N3O. The number of hydrogen-bond acceptors (Lipinski definition) is 2. The molecule has 0 spiro atoms. The first-order chi connectivity index (χ1) is 4.88. The molecule has 66 valence electrons. The van der Waals surface area contributed by atoms with Crippen LogP contribution in [-0.4, -0.2) is 18.6 Å². The number of urea groups is 1. The second-order valence-electron chi connectivity index (χ2n) is 3.66. The van der Waals surface area contributed by atoms with E-state index in [2.05, 4.69) is 5.32 Å². The van der Waals surface area contributed by atoms with Gasteiger partial charge in [0.2, 0.25) is 0 Å². The third kappa shape index (κ3) is 3.83. The smallest absolute Gasteiger partial charge is 0.312 e. The fourth-order valence-corrected chi connectivity index (χ4v) is 0.801. The van der Waals surface area contributed by atoms with Crippen LogP contribution in [0.5, 0.6) is 0 Å². The van der Waals surface area contributed by atoms with Crippen LogP contribution in [0.25, 0.3) is 0 Å². The number of hydrogen-bond donors (Lipinski definition) is 3. The van der Waals surface area contributed by atoms with Crippen LogP contribution in [0.1, 0.15) is 20.8 Å². The number of nitrogens with one attached hydrogen (secondary N) is 1. The topological polar surface area (TPSA) is 81.1 Å². The van der Waals surface area contributed by atoms with Gasteiger partial charge in [0.1, 0.15) is 0 Å². The molecule has 0 aliphatic carbocycles. The van der Waals surface area contributed by atoms with Crippen molar-refractivity contribution in [2.45, 2.75) is 26.8 Å². The summed E-state index contributed by atoms with van der Waals surface area (Å²) >= 11 is 0. The molecule has 5 N–H and O–H groups in total. The minimum absolute atomic E-state index is 0.0379. The van der Waals surface area contributed by atoms with Crippen LogP contribution < -0.4 is 16.8 Å². The van der Waals surface area contributed by atoms with Gasteiger partial charge in [-0.25, -0.2) is 4.79 Å². The molecule has 0 bridgehead atoms. The quantitative estimate of drug-likeness (QED) is 0.531. The molecule has 0 heterocycles. The lowest BCUT2D eigenvalue weighted by Crippen LogP contribution is -2.50. The Balaban J connectivity index is 4.07. The van der Waals surface area contributed by atoms with E-state index in [1.54, 1.807) is 0 Å². The Labute approximate surface area is 67.3 Å². The number of carbonyl (C=O) groups is 1. The van der Waals surface area contributed by atoms with E-state index in [1.807, 2.05) is 20.8 Å². The maximum absolute atomic E-state index is 10.5. The van der Waals surface area contributed by atoms with E-state index in [4.69, 9.17) is 11.5 Å². The van der Waals surface area contributed by atoms with Gasteiger partial charge in [-0.1, -0.05) is 20.8 Å². The summed E-state index contributed by atoms with van der Waals surface area (Å²) in [5, 5.41) is 2.58. The zero-order chi connectivity index (χ0) is 9.07. The average molecular weight is 159 g/mol. The fourth-order valence-electron chi connectivity index (χ4n) is 0.801. The van der Waals surface area contributed by atoms with Gasteiger partial charge in [0, 0.05) is 12.6 Å². The highest BCUT2D eigenvalue weighted by molar-refractivity contribution is 5.72. The van der Waals surface area contributed by atoms with E-state index in [-0.39, 0.29) is 11.5 Å². The second kappa shape index (κ2) is 3.57. The van der Waals surface area contributed by atoms with Crippen LogP contribution in [0.2, 0.25) is 0 Å². The van der Waals surface area contributed by atoms with E-state index >= 15 is 0 Å². The van der Waals surface area contributed by atoms with E-state index in [0.29, 0.717) is 6.54 Å². The first-order valence-electron chi connectivity index (χ1n) is 3.64. The minimum Gasteiger partial charge on any atom is -0.352 e. The van der Waals surface area contributed by atoms with Crippen molar-refractivity contribution in [3.63, 3.8) is 0 Å². The summed E-state index contributed by atoms with van der Waals surface area (Å²) in [6.07, 6.45) is 0. The minimum atomic E-state index is -0.518. The average Bonchev–Trinajstić information content (AvgIpc) is 1.79. The zero-order valence-electron chi connectivity index (χ0n) is 7.35. The third-order valence-electron chi connectivity index (χ3n) is 1.60. The molecule has 0 radical (unpaired) electrons. The summed E-state index contributed by atoms with van der Waals surface area (Å²) < 4.78 is 0. The fraction of sp³-hybridized carbons (Fsp3) is 0.857. The molecule has 11 heavy (non-hydrogen) atoms. The number of primary amides is 1. The largest absolute Gasteiger partial charge is 0.352 e. The van der Waals surface area contributed by atoms with Crippen molar-refractivity contribution in [1.29, 1.82) is 0 Å². The first-order valence-corrected chi connectivity index (χ1v) is 3.64. The molecule has 1 unspecified atom stereocenters. The molecule has 0 saturated heterocycles. The molecule has 4 heteroatoms. The summed E-state index contributed by atoms with van der Waals surface area (Å²) in [5.41, 5.74) is 10.4. The van der Waals surface area contributed by atoms with Gasteiger partial charge in [-0.2, -0.15) is 0 Å². The summed E-state index contributed by atoms with van der Waals surface area (Å²) in [7, 11) is 0. The Hall–Kier alpha value is -0.770. The maximum atomic E-state index is 10.5. The highest BCUT2D eigenvalue weighted by atomic mass is 16.2. The molecule has 0 aromatic carbocycles.